The zero-order valence-electron chi connectivity index (χ0n) is 10.9. The summed E-state index contributed by atoms with van der Waals surface area (Å²) in [5.74, 6) is 0.779. The summed E-state index contributed by atoms with van der Waals surface area (Å²) in [5, 5.41) is 3.44. The number of hydrogen-bond donors (Lipinski definition) is 2. The van der Waals surface area contributed by atoms with Crippen LogP contribution in [-0.2, 0) is 10.0 Å². The molecule has 0 aliphatic carbocycles. The Morgan fingerprint density at radius 3 is 2.19 bits per heavy atom. The summed E-state index contributed by atoms with van der Waals surface area (Å²) in [6.07, 6.45) is 1.95. The average Bonchev–Trinajstić information content (AvgIpc) is 2.22. The van der Waals surface area contributed by atoms with Gasteiger partial charge in [0.2, 0.25) is 10.0 Å². The summed E-state index contributed by atoms with van der Waals surface area (Å²) < 4.78 is 24.8. The van der Waals surface area contributed by atoms with Crippen LogP contribution < -0.4 is 10.0 Å². The minimum Gasteiger partial charge on any atom is -0.314 e. The molecule has 0 aliphatic heterocycles. The lowest BCUT2D eigenvalue weighted by Crippen LogP contribution is -2.35. The van der Waals surface area contributed by atoms with Gasteiger partial charge in [-0.3, -0.25) is 0 Å². The van der Waals surface area contributed by atoms with Crippen molar-refractivity contribution < 1.29 is 8.42 Å². The highest BCUT2D eigenvalue weighted by Crippen LogP contribution is 2.04. The predicted octanol–water partition coefficient (Wildman–Crippen LogP) is 1.34. The van der Waals surface area contributed by atoms with Crippen LogP contribution in [0.25, 0.3) is 0 Å². The number of sulfonamides is 1. The Kier molecular flexibility index (Phi) is 7.97. The van der Waals surface area contributed by atoms with Gasteiger partial charge in [0, 0.05) is 12.6 Å². The molecule has 98 valence electrons. The highest BCUT2D eigenvalue weighted by molar-refractivity contribution is 7.89. The van der Waals surface area contributed by atoms with Gasteiger partial charge >= 0.3 is 0 Å². The first-order valence-electron chi connectivity index (χ1n) is 6.13. The average molecular weight is 250 g/mol. The van der Waals surface area contributed by atoms with E-state index in [1.54, 1.807) is 6.92 Å². The van der Waals surface area contributed by atoms with E-state index in [9.17, 15) is 8.42 Å². The lowest BCUT2D eigenvalue weighted by molar-refractivity contribution is 0.387. The van der Waals surface area contributed by atoms with Gasteiger partial charge in [-0.15, -0.1) is 0 Å². The number of hydrogen-bond acceptors (Lipinski definition) is 3. The maximum Gasteiger partial charge on any atom is 0.211 e. The lowest BCUT2D eigenvalue weighted by Gasteiger charge is -2.20. The van der Waals surface area contributed by atoms with E-state index >= 15 is 0 Å². The van der Waals surface area contributed by atoms with Crippen LogP contribution >= 0.6 is 0 Å². The first-order valence-corrected chi connectivity index (χ1v) is 7.78. The molecule has 1 atom stereocenters. The van der Waals surface area contributed by atoms with Gasteiger partial charge in [0.1, 0.15) is 0 Å². The largest absolute Gasteiger partial charge is 0.314 e. The third-order valence-electron chi connectivity index (χ3n) is 2.71. The highest BCUT2D eigenvalue weighted by Gasteiger charge is 2.09. The van der Waals surface area contributed by atoms with Crippen molar-refractivity contribution in [3.8, 4) is 0 Å². The lowest BCUT2D eigenvalue weighted by atomic mass is 10.0. The molecule has 0 spiro atoms. The molecule has 1 unspecified atom stereocenters. The molecule has 0 aromatic heterocycles. The Hall–Kier alpha value is -0.130. The van der Waals surface area contributed by atoms with Crippen LogP contribution in [-0.4, -0.2) is 33.3 Å². The van der Waals surface area contributed by atoms with Crippen molar-refractivity contribution in [2.45, 2.75) is 46.6 Å². The Bertz CT molecular complexity index is 263. The fraction of sp³-hybridized carbons (Fsp3) is 1.00. The van der Waals surface area contributed by atoms with Crippen molar-refractivity contribution in [1.29, 1.82) is 0 Å². The van der Waals surface area contributed by atoms with Crippen LogP contribution in [0, 0.1) is 5.92 Å². The summed E-state index contributed by atoms with van der Waals surface area (Å²) in [6.45, 7) is 9.59. The molecule has 0 bridgehead atoms. The molecule has 0 heterocycles. The monoisotopic (exact) mass is 250 g/mol. The molecule has 0 fully saturated rings. The SMILES string of the molecule is CCC(NCCCNS(=O)(=O)CC)C(C)C. The first-order chi connectivity index (χ1) is 7.43. The van der Waals surface area contributed by atoms with Crippen molar-refractivity contribution in [3.05, 3.63) is 0 Å². The van der Waals surface area contributed by atoms with Crippen molar-refractivity contribution >= 4 is 10.0 Å². The summed E-state index contributed by atoms with van der Waals surface area (Å²) >= 11 is 0. The van der Waals surface area contributed by atoms with E-state index in [4.69, 9.17) is 0 Å². The molecule has 16 heavy (non-hydrogen) atoms. The fourth-order valence-corrected chi connectivity index (χ4v) is 2.22. The number of nitrogens with one attached hydrogen (secondary N) is 2. The molecular formula is C11H26N2O2S. The molecular weight excluding hydrogens is 224 g/mol. The van der Waals surface area contributed by atoms with Gasteiger partial charge < -0.3 is 5.32 Å². The van der Waals surface area contributed by atoms with Gasteiger partial charge in [-0.1, -0.05) is 20.8 Å². The Balaban J connectivity index is 3.61. The maximum atomic E-state index is 11.1. The summed E-state index contributed by atoms with van der Waals surface area (Å²) in [4.78, 5) is 0. The van der Waals surface area contributed by atoms with Gasteiger partial charge in [0.15, 0.2) is 0 Å². The van der Waals surface area contributed by atoms with E-state index in [2.05, 4.69) is 30.8 Å². The molecule has 5 heteroatoms. The molecule has 0 aromatic carbocycles. The van der Waals surface area contributed by atoms with Gasteiger partial charge in [-0.25, -0.2) is 13.1 Å². The van der Waals surface area contributed by atoms with E-state index in [1.165, 1.54) is 0 Å². The van der Waals surface area contributed by atoms with E-state index in [0.717, 1.165) is 19.4 Å². The second kappa shape index (κ2) is 8.03. The molecule has 4 nitrogen and oxygen atoms in total. The Labute approximate surface area is 100 Å². The third-order valence-corrected chi connectivity index (χ3v) is 4.11. The van der Waals surface area contributed by atoms with Crippen LogP contribution in [0.4, 0.5) is 0 Å². The maximum absolute atomic E-state index is 11.1. The van der Waals surface area contributed by atoms with E-state index in [1.807, 2.05) is 0 Å². The molecule has 0 rings (SSSR count). The zero-order chi connectivity index (χ0) is 12.6. The summed E-state index contributed by atoms with van der Waals surface area (Å²) in [7, 11) is -3.02. The minimum absolute atomic E-state index is 0.157. The predicted molar refractivity (Wildman–Crippen MR) is 69.0 cm³/mol. The molecule has 0 amide bonds. The van der Waals surface area contributed by atoms with Gasteiger partial charge in [0.25, 0.3) is 0 Å². The van der Waals surface area contributed by atoms with E-state index in [-0.39, 0.29) is 5.75 Å². The molecule has 0 saturated heterocycles. The second-order valence-corrected chi connectivity index (χ2v) is 6.46. The normalized spacial score (nSPS) is 14.3. The summed E-state index contributed by atoms with van der Waals surface area (Å²) in [6, 6.07) is 0.530. The minimum atomic E-state index is -3.02. The standard InChI is InChI=1S/C11H26N2O2S/c1-5-11(10(3)4)12-8-7-9-13-16(14,15)6-2/h10-13H,5-9H2,1-4H3. The van der Waals surface area contributed by atoms with Crippen LogP contribution in [0.15, 0.2) is 0 Å². The van der Waals surface area contributed by atoms with Gasteiger partial charge in [-0.2, -0.15) is 0 Å². The van der Waals surface area contributed by atoms with E-state index in [0.29, 0.717) is 18.5 Å². The van der Waals surface area contributed by atoms with Gasteiger partial charge in [-0.05, 0) is 32.2 Å². The number of rotatable bonds is 9. The third kappa shape index (κ3) is 7.19. The van der Waals surface area contributed by atoms with E-state index < -0.39 is 10.0 Å². The second-order valence-electron chi connectivity index (χ2n) is 4.36. The zero-order valence-corrected chi connectivity index (χ0v) is 11.7. The quantitative estimate of drug-likeness (QED) is 0.607. The first kappa shape index (κ1) is 15.9. The van der Waals surface area contributed by atoms with Crippen molar-refractivity contribution in [2.75, 3.05) is 18.8 Å². The van der Waals surface area contributed by atoms with Crippen LogP contribution in [0.2, 0.25) is 0 Å². The molecule has 0 aliphatic rings. The van der Waals surface area contributed by atoms with Crippen LogP contribution in [0.5, 0.6) is 0 Å². The molecule has 0 radical (unpaired) electrons. The van der Waals surface area contributed by atoms with Crippen LogP contribution in [0.1, 0.15) is 40.5 Å². The van der Waals surface area contributed by atoms with Crippen LogP contribution in [0.3, 0.4) is 0 Å². The van der Waals surface area contributed by atoms with Gasteiger partial charge in [0.05, 0.1) is 5.75 Å². The Morgan fingerprint density at radius 1 is 1.12 bits per heavy atom. The van der Waals surface area contributed by atoms with Crippen molar-refractivity contribution in [3.63, 3.8) is 0 Å². The Morgan fingerprint density at radius 2 is 1.75 bits per heavy atom. The van der Waals surface area contributed by atoms with Crippen molar-refractivity contribution in [1.82, 2.24) is 10.0 Å². The molecule has 0 saturated carbocycles. The summed E-state index contributed by atoms with van der Waals surface area (Å²) in [5.41, 5.74) is 0. The fourth-order valence-electron chi connectivity index (χ4n) is 1.56. The topological polar surface area (TPSA) is 58.2 Å². The highest BCUT2D eigenvalue weighted by atomic mass is 32.2. The molecule has 2 N–H and O–H groups in total. The molecule has 0 aromatic rings. The smallest absolute Gasteiger partial charge is 0.211 e. The van der Waals surface area contributed by atoms with Crippen molar-refractivity contribution in [2.24, 2.45) is 5.92 Å².